The highest BCUT2D eigenvalue weighted by molar-refractivity contribution is 5.94. The summed E-state index contributed by atoms with van der Waals surface area (Å²) >= 11 is 0. The second-order valence-electron chi connectivity index (χ2n) is 4.20. The van der Waals surface area contributed by atoms with Gasteiger partial charge in [0.15, 0.2) is 17.5 Å². The molecule has 6 nitrogen and oxygen atoms in total. The number of anilines is 1. The number of primary amides is 1. The van der Waals surface area contributed by atoms with Crippen LogP contribution in [0, 0.1) is 27.6 Å². The Hall–Kier alpha value is -3.10. The van der Waals surface area contributed by atoms with Crippen LogP contribution in [0.15, 0.2) is 30.3 Å². The zero-order chi connectivity index (χ0) is 16.4. The highest BCUT2D eigenvalue weighted by Gasteiger charge is 2.20. The Bertz CT molecular complexity index is 781. The minimum absolute atomic E-state index is 0.0805. The van der Waals surface area contributed by atoms with Gasteiger partial charge in [-0.3, -0.25) is 10.1 Å². The predicted octanol–water partition coefficient (Wildman–Crippen LogP) is 3.17. The Morgan fingerprint density at radius 2 is 1.77 bits per heavy atom. The van der Waals surface area contributed by atoms with Gasteiger partial charge in [0, 0.05) is 23.3 Å². The van der Waals surface area contributed by atoms with E-state index in [1.165, 1.54) is 0 Å². The monoisotopic (exact) mass is 311 g/mol. The summed E-state index contributed by atoms with van der Waals surface area (Å²) in [4.78, 5) is 21.0. The van der Waals surface area contributed by atoms with Crippen LogP contribution in [0.3, 0.4) is 0 Å². The van der Waals surface area contributed by atoms with E-state index in [0.29, 0.717) is 6.07 Å². The molecule has 0 unspecified atom stereocenters. The summed E-state index contributed by atoms with van der Waals surface area (Å²) < 4.78 is 40.2. The molecular weight excluding hydrogens is 303 g/mol. The number of rotatable bonds is 3. The van der Waals surface area contributed by atoms with E-state index in [4.69, 9.17) is 5.73 Å². The number of nitro groups is 1. The number of non-ortho nitro benzene ring substituents is 1. The number of amides is 2. The van der Waals surface area contributed by atoms with Gasteiger partial charge in [-0.1, -0.05) is 0 Å². The lowest BCUT2D eigenvalue weighted by Gasteiger charge is -2.11. The van der Waals surface area contributed by atoms with Crippen molar-refractivity contribution in [2.75, 3.05) is 5.32 Å². The van der Waals surface area contributed by atoms with Crippen LogP contribution in [0.2, 0.25) is 0 Å². The normalized spacial score (nSPS) is 10.3. The van der Waals surface area contributed by atoms with Crippen molar-refractivity contribution >= 4 is 17.4 Å². The number of carbonyl (C=O) groups is 1. The van der Waals surface area contributed by atoms with Gasteiger partial charge in [-0.25, -0.2) is 18.0 Å². The van der Waals surface area contributed by atoms with E-state index >= 15 is 0 Å². The molecule has 0 aliphatic rings. The van der Waals surface area contributed by atoms with Crippen LogP contribution in [-0.4, -0.2) is 11.0 Å². The molecule has 0 radical (unpaired) electrons. The summed E-state index contributed by atoms with van der Waals surface area (Å²) in [5.74, 6) is -4.67. The zero-order valence-corrected chi connectivity index (χ0v) is 10.8. The first-order valence-electron chi connectivity index (χ1n) is 5.80. The number of nitrogens with one attached hydrogen (secondary N) is 1. The van der Waals surface area contributed by atoms with Gasteiger partial charge in [0.05, 0.1) is 10.6 Å². The second-order valence-corrected chi connectivity index (χ2v) is 4.20. The standard InChI is InChI=1S/C13H8F3N3O3/c14-9-3-2-7(11(15)12(9)16)8-5-6(19(21)22)1-4-10(8)18-13(17)20/h1-5H,(H3,17,18,20). The summed E-state index contributed by atoms with van der Waals surface area (Å²) in [6.45, 7) is 0. The van der Waals surface area contributed by atoms with Gasteiger partial charge in [0.1, 0.15) is 0 Å². The first-order valence-corrected chi connectivity index (χ1v) is 5.80. The van der Waals surface area contributed by atoms with Gasteiger partial charge in [-0.05, 0) is 18.2 Å². The third kappa shape index (κ3) is 2.82. The maximum absolute atomic E-state index is 13.9. The molecule has 0 aliphatic carbocycles. The molecule has 114 valence electrons. The molecule has 0 atom stereocenters. The average molecular weight is 311 g/mol. The van der Waals surface area contributed by atoms with Crippen molar-refractivity contribution < 1.29 is 22.9 Å². The molecule has 0 bridgehead atoms. The molecule has 2 rings (SSSR count). The number of hydrogen-bond acceptors (Lipinski definition) is 3. The van der Waals surface area contributed by atoms with Crippen LogP contribution in [0.1, 0.15) is 0 Å². The molecule has 22 heavy (non-hydrogen) atoms. The van der Waals surface area contributed by atoms with E-state index in [2.05, 4.69) is 5.32 Å². The first-order chi connectivity index (χ1) is 10.3. The Morgan fingerprint density at radius 3 is 2.36 bits per heavy atom. The number of nitrogens with two attached hydrogens (primary N) is 1. The van der Waals surface area contributed by atoms with E-state index in [-0.39, 0.29) is 11.3 Å². The molecule has 9 heteroatoms. The fraction of sp³-hybridized carbons (Fsp3) is 0. The number of benzene rings is 2. The summed E-state index contributed by atoms with van der Waals surface area (Å²) in [6, 6.07) is 3.64. The number of urea groups is 1. The summed E-state index contributed by atoms with van der Waals surface area (Å²) in [7, 11) is 0. The van der Waals surface area contributed by atoms with Crippen molar-refractivity contribution in [3.8, 4) is 11.1 Å². The molecule has 0 saturated carbocycles. The van der Waals surface area contributed by atoms with Gasteiger partial charge < -0.3 is 11.1 Å². The maximum Gasteiger partial charge on any atom is 0.316 e. The van der Waals surface area contributed by atoms with E-state index in [0.717, 1.165) is 24.3 Å². The molecule has 0 aliphatic heterocycles. The third-order valence-electron chi connectivity index (χ3n) is 2.80. The molecule has 2 amide bonds. The van der Waals surface area contributed by atoms with E-state index in [1.807, 2.05) is 0 Å². The van der Waals surface area contributed by atoms with Gasteiger partial charge in [0.2, 0.25) is 0 Å². The first kappa shape index (κ1) is 15.3. The molecule has 2 aromatic rings. The number of carbonyl (C=O) groups excluding carboxylic acids is 1. The summed E-state index contributed by atoms with van der Waals surface area (Å²) in [5.41, 5.74) is 3.79. The fourth-order valence-electron chi connectivity index (χ4n) is 1.84. The van der Waals surface area contributed by atoms with E-state index in [9.17, 15) is 28.1 Å². The van der Waals surface area contributed by atoms with Crippen LogP contribution in [0.4, 0.5) is 29.3 Å². The predicted molar refractivity (Wildman–Crippen MR) is 71.6 cm³/mol. The Labute approximate surface area is 121 Å². The quantitative estimate of drug-likeness (QED) is 0.517. The topological polar surface area (TPSA) is 98.3 Å². The van der Waals surface area contributed by atoms with Crippen LogP contribution in [0.5, 0.6) is 0 Å². The fourth-order valence-corrected chi connectivity index (χ4v) is 1.84. The van der Waals surface area contributed by atoms with Crippen LogP contribution in [-0.2, 0) is 0 Å². The van der Waals surface area contributed by atoms with Gasteiger partial charge in [-0.15, -0.1) is 0 Å². The lowest BCUT2D eigenvalue weighted by atomic mass is 10.0. The highest BCUT2D eigenvalue weighted by Crippen LogP contribution is 2.34. The van der Waals surface area contributed by atoms with Crippen LogP contribution >= 0.6 is 0 Å². The maximum atomic E-state index is 13.9. The smallest absolute Gasteiger partial charge is 0.316 e. The molecule has 3 N–H and O–H groups in total. The summed E-state index contributed by atoms with van der Waals surface area (Å²) in [5, 5.41) is 12.9. The van der Waals surface area contributed by atoms with Gasteiger partial charge in [0.25, 0.3) is 5.69 Å². The zero-order valence-electron chi connectivity index (χ0n) is 10.8. The number of nitrogens with zero attached hydrogens (tertiary/aromatic N) is 1. The molecule has 0 saturated heterocycles. The van der Waals surface area contributed by atoms with Crippen molar-refractivity contribution in [3.63, 3.8) is 0 Å². The van der Waals surface area contributed by atoms with Crippen molar-refractivity contribution in [3.05, 3.63) is 57.9 Å². The minimum Gasteiger partial charge on any atom is -0.351 e. The number of halogens is 3. The summed E-state index contributed by atoms with van der Waals surface area (Å²) in [6.07, 6.45) is 0. The largest absolute Gasteiger partial charge is 0.351 e. The highest BCUT2D eigenvalue weighted by atomic mass is 19.2. The lowest BCUT2D eigenvalue weighted by Crippen LogP contribution is -2.19. The van der Waals surface area contributed by atoms with E-state index < -0.39 is 39.7 Å². The SMILES string of the molecule is NC(=O)Nc1ccc([N+](=O)[O-])cc1-c1ccc(F)c(F)c1F. The Kier molecular flexibility index (Phi) is 3.97. The van der Waals surface area contributed by atoms with Crippen molar-refractivity contribution in [1.82, 2.24) is 0 Å². The number of hydrogen-bond donors (Lipinski definition) is 2. The second kappa shape index (κ2) is 5.72. The molecule has 0 heterocycles. The van der Waals surface area contributed by atoms with E-state index in [1.54, 1.807) is 0 Å². The van der Waals surface area contributed by atoms with Gasteiger partial charge >= 0.3 is 6.03 Å². The molecule has 2 aromatic carbocycles. The minimum atomic E-state index is -1.73. The number of nitro benzene ring substituents is 1. The molecule has 0 fully saturated rings. The lowest BCUT2D eigenvalue weighted by molar-refractivity contribution is -0.384. The average Bonchev–Trinajstić information content (AvgIpc) is 2.45. The molecule has 0 aromatic heterocycles. The van der Waals surface area contributed by atoms with Crippen LogP contribution in [0.25, 0.3) is 11.1 Å². The molecular formula is C13H8F3N3O3. The van der Waals surface area contributed by atoms with Gasteiger partial charge in [-0.2, -0.15) is 0 Å². The van der Waals surface area contributed by atoms with Crippen molar-refractivity contribution in [1.29, 1.82) is 0 Å². The van der Waals surface area contributed by atoms with Crippen LogP contribution < -0.4 is 11.1 Å². The van der Waals surface area contributed by atoms with Crippen molar-refractivity contribution in [2.45, 2.75) is 0 Å². The molecule has 0 spiro atoms. The van der Waals surface area contributed by atoms with Crippen molar-refractivity contribution in [2.24, 2.45) is 5.73 Å². The Morgan fingerprint density at radius 1 is 1.09 bits per heavy atom. The third-order valence-corrected chi connectivity index (χ3v) is 2.80. The Balaban J connectivity index is 2.70.